The van der Waals surface area contributed by atoms with Gasteiger partial charge in [0.2, 0.25) is 11.8 Å². The van der Waals surface area contributed by atoms with E-state index in [4.69, 9.17) is 9.78 Å². The minimum absolute atomic E-state index is 0.282. The molecule has 0 aliphatic heterocycles. The first-order valence-electron chi connectivity index (χ1n) is 6.26. The van der Waals surface area contributed by atoms with E-state index in [1.165, 1.54) is 6.33 Å². The number of hydrogen-bond donors (Lipinski definition) is 1. The van der Waals surface area contributed by atoms with Crippen molar-refractivity contribution in [2.75, 3.05) is 6.54 Å². The molecule has 20 heavy (non-hydrogen) atoms. The molecule has 0 radical (unpaired) electrons. The number of nitrogens with one attached hydrogen (secondary N) is 1. The second-order valence-corrected chi connectivity index (χ2v) is 4.25. The van der Waals surface area contributed by atoms with E-state index in [9.17, 15) is 4.79 Å². The molecule has 1 aromatic heterocycles. The van der Waals surface area contributed by atoms with Gasteiger partial charge in [0.15, 0.2) is 6.33 Å². The Balaban J connectivity index is 1.82. The number of aromatic nitrogens is 2. The van der Waals surface area contributed by atoms with Gasteiger partial charge in [0.25, 0.3) is 0 Å². The topological polar surface area (TPSA) is 91.8 Å². The van der Waals surface area contributed by atoms with E-state index >= 15 is 0 Å². The summed E-state index contributed by atoms with van der Waals surface area (Å²) in [7, 11) is 0. The van der Waals surface area contributed by atoms with Gasteiger partial charge in [-0.15, -0.1) is 0 Å². The Morgan fingerprint density at radius 1 is 1.40 bits per heavy atom. The van der Waals surface area contributed by atoms with E-state index in [0.717, 1.165) is 5.56 Å². The van der Waals surface area contributed by atoms with E-state index in [0.29, 0.717) is 25.3 Å². The zero-order chi connectivity index (χ0) is 14.2. The number of benzene rings is 1. The molecule has 0 aliphatic carbocycles. The third-order valence-corrected chi connectivity index (χ3v) is 2.80. The molecule has 6 heteroatoms. The van der Waals surface area contributed by atoms with Gasteiger partial charge < -0.3 is 9.84 Å². The normalized spacial score (nSPS) is 11.6. The molecular formula is C14H14N4O2. The zero-order valence-electron chi connectivity index (χ0n) is 10.8. The van der Waals surface area contributed by atoms with E-state index in [1.54, 1.807) is 0 Å². The molecule has 0 fully saturated rings. The van der Waals surface area contributed by atoms with Crippen LogP contribution in [0.5, 0.6) is 0 Å². The van der Waals surface area contributed by atoms with Crippen LogP contribution in [-0.4, -0.2) is 22.6 Å². The van der Waals surface area contributed by atoms with Gasteiger partial charge in [-0.1, -0.05) is 35.5 Å². The third-order valence-electron chi connectivity index (χ3n) is 2.80. The average Bonchev–Trinajstić information content (AvgIpc) is 2.99. The molecule has 1 heterocycles. The van der Waals surface area contributed by atoms with Gasteiger partial charge in [-0.05, 0) is 12.0 Å². The fourth-order valence-electron chi connectivity index (χ4n) is 1.77. The summed E-state index contributed by atoms with van der Waals surface area (Å²) < 4.78 is 4.82. The minimum atomic E-state index is -0.694. The van der Waals surface area contributed by atoms with Crippen LogP contribution < -0.4 is 5.32 Å². The van der Waals surface area contributed by atoms with Gasteiger partial charge in [-0.2, -0.15) is 10.2 Å². The van der Waals surface area contributed by atoms with Crippen molar-refractivity contribution in [3.05, 3.63) is 48.1 Å². The molecule has 1 amide bonds. The largest absolute Gasteiger partial charge is 0.354 e. The fraction of sp³-hybridized carbons (Fsp3) is 0.286. The first kappa shape index (κ1) is 13.7. The smallest absolute Gasteiger partial charge is 0.237 e. The molecule has 2 aromatic rings. The highest BCUT2D eigenvalue weighted by Crippen LogP contribution is 2.08. The fourth-order valence-corrected chi connectivity index (χ4v) is 1.77. The maximum Gasteiger partial charge on any atom is 0.237 e. The first-order valence-corrected chi connectivity index (χ1v) is 6.26. The highest BCUT2D eigenvalue weighted by Gasteiger charge is 2.18. The Kier molecular flexibility index (Phi) is 4.84. The van der Waals surface area contributed by atoms with Gasteiger partial charge in [-0.25, -0.2) is 0 Å². The molecule has 1 atom stereocenters. The van der Waals surface area contributed by atoms with E-state index in [1.807, 2.05) is 36.4 Å². The van der Waals surface area contributed by atoms with Crippen molar-refractivity contribution >= 4 is 5.91 Å². The number of rotatable bonds is 6. The second-order valence-electron chi connectivity index (χ2n) is 4.25. The van der Waals surface area contributed by atoms with E-state index < -0.39 is 5.92 Å². The van der Waals surface area contributed by atoms with Crippen LogP contribution in [0.25, 0.3) is 0 Å². The van der Waals surface area contributed by atoms with Crippen LogP contribution in [0.1, 0.15) is 11.5 Å². The van der Waals surface area contributed by atoms with Crippen molar-refractivity contribution in [2.45, 2.75) is 12.8 Å². The molecule has 1 unspecified atom stereocenters. The lowest BCUT2D eigenvalue weighted by Gasteiger charge is -2.09. The summed E-state index contributed by atoms with van der Waals surface area (Å²) in [6, 6.07) is 11.5. The highest BCUT2D eigenvalue weighted by atomic mass is 16.5. The summed E-state index contributed by atoms with van der Waals surface area (Å²) in [5, 5.41) is 15.3. The van der Waals surface area contributed by atoms with Crippen LogP contribution >= 0.6 is 0 Å². The summed E-state index contributed by atoms with van der Waals surface area (Å²) in [4.78, 5) is 15.8. The van der Waals surface area contributed by atoms with Crippen molar-refractivity contribution in [2.24, 2.45) is 5.92 Å². The van der Waals surface area contributed by atoms with Gasteiger partial charge >= 0.3 is 0 Å². The van der Waals surface area contributed by atoms with Crippen molar-refractivity contribution < 1.29 is 9.32 Å². The van der Waals surface area contributed by atoms with E-state index in [2.05, 4.69) is 15.5 Å². The number of nitrogens with zero attached hydrogens (tertiary/aromatic N) is 3. The van der Waals surface area contributed by atoms with Crippen LogP contribution in [0.15, 0.2) is 41.2 Å². The minimum Gasteiger partial charge on any atom is -0.354 e. The predicted octanol–water partition coefficient (Wildman–Crippen LogP) is 1.11. The molecule has 0 spiro atoms. The number of carbonyl (C=O) groups is 1. The second kappa shape index (κ2) is 7.04. The molecule has 1 N–H and O–H groups in total. The number of hydrogen-bond acceptors (Lipinski definition) is 5. The molecule has 0 saturated carbocycles. The third kappa shape index (κ3) is 3.92. The monoisotopic (exact) mass is 270 g/mol. The summed E-state index contributed by atoms with van der Waals surface area (Å²) in [5.41, 5.74) is 0.964. The summed E-state index contributed by atoms with van der Waals surface area (Å²) >= 11 is 0. The molecule has 1 aromatic carbocycles. The SMILES string of the molecule is N#CC(Cc1ccccc1)C(=O)NCCc1ncno1. The van der Waals surface area contributed by atoms with Crippen LogP contribution in [0.3, 0.4) is 0 Å². The quantitative estimate of drug-likeness (QED) is 0.848. The molecule has 0 bridgehead atoms. The van der Waals surface area contributed by atoms with Gasteiger partial charge in [-0.3, -0.25) is 4.79 Å². The Morgan fingerprint density at radius 2 is 2.20 bits per heavy atom. The molecule has 0 aliphatic rings. The van der Waals surface area contributed by atoms with Crippen LogP contribution in [-0.2, 0) is 17.6 Å². The average molecular weight is 270 g/mol. The highest BCUT2D eigenvalue weighted by molar-refractivity contribution is 5.81. The molecule has 2 rings (SSSR count). The van der Waals surface area contributed by atoms with Crippen LogP contribution in [0.2, 0.25) is 0 Å². The first-order chi connectivity index (χ1) is 9.79. The van der Waals surface area contributed by atoms with Gasteiger partial charge in [0.05, 0.1) is 6.07 Å². The Morgan fingerprint density at radius 3 is 2.85 bits per heavy atom. The van der Waals surface area contributed by atoms with E-state index in [-0.39, 0.29) is 5.91 Å². The lowest BCUT2D eigenvalue weighted by atomic mass is 10.00. The summed E-state index contributed by atoms with van der Waals surface area (Å²) in [6.45, 7) is 0.369. The van der Waals surface area contributed by atoms with Crippen molar-refractivity contribution in [1.29, 1.82) is 5.26 Å². The molecule has 6 nitrogen and oxygen atoms in total. The molecular weight excluding hydrogens is 256 g/mol. The number of nitriles is 1. The Labute approximate surface area is 116 Å². The van der Waals surface area contributed by atoms with Crippen molar-refractivity contribution in [1.82, 2.24) is 15.5 Å². The Bertz CT molecular complexity index is 575. The maximum atomic E-state index is 11.9. The lowest BCUT2D eigenvalue weighted by molar-refractivity contribution is -0.123. The predicted molar refractivity (Wildman–Crippen MR) is 70.3 cm³/mol. The van der Waals surface area contributed by atoms with Crippen molar-refractivity contribution in [3.63, 3.8) is 0 Å². The molecule has 0 saturated heterocycles. The van der Waals surface area contributed by atoms with Crippen LogP contribution in [0.4, 0.5) is 0 Å². The lowest BCUT2D eigenvalue weighted by Crippen LogP contribution is -2.32. The summed E-state index contributed by atoms with van der Waals surface area (Å²) in [5.74, 6) is -0.516. The van der Waals surface area contributed by atoms with Gasteiger partial charge in [0, 0.05) is 13.0 Å². The standard InChI is InChI=1S/C14H14N4O2/c15-9-12(8-11-4-2-1-3-5-11)14(19)16-7-6-13-17-10-18-20-13/h1-5,10,12H,6-8H2,(H,16,19). The van der Waals surface area contributed by atoms with Gasteiger partial charge in [0.1, 0.15) is 5.92 Å². The Hall–Kier alpha value is -2.68. The maximum absolute atomic E-state index is 11.9. The molecule has 102 valence electrons. The van der Waals surface area contributed by atoms with Crippen LogP contribution in [0, 0.1) is 17.2 Å². The summed E-state index contributed by atoms with van der Waals surface area (Å²) in [6.07, 6.45) is 2.17. The number of carbonyl (C=O) groups excluding carboxylic acids is 1. The number of amides is 1. The van der Waals surface area contributed by atoms with Crippen molar-refractivity contribution in [3.8, 4) is 6.07 Å². The zero-order valence-corrected chi connectivity index (χ0v) is 10.8.